The van der Waals surface area contributed by atoms with Crippen LogP contribution in [0.25, 0.3) is 0 Å². The quantitative estimate of drug-likeness (QED) is 0.448. The Morgan fingerprint density at radius 1 is 1.33 bits per heavy atom. The summed E-state index contributed by atoms with van der Waals surface area (Å²) >= 11 is 5.28. The molecule has 0 spiro atoms. The third kappa shape index (κ3) is 1.91. The third-order valence-corrected chi connectivity index (χ3v) is 1.47. The van der Waals surface area contributed by atoms with Crippen LogP contribution in [0.3, 0.4) is 0 Å². The standard InChI is InChI=1S/C6H2BClF3N/c7-3-1-2-4(6(9,10)11)12-5(3)8/h1-2H. The summed E-state index contributed by atoms with van der Waals surface area (Å²) < 4.78 is 35.8. The van der Waals surface area contributed by atoms with Crippen molar-refractivity contribution in [3.05, 3.63) is 23.0 Å². The van der Waals surface area contributed by atoms with Crippen molar-refractivity contribution in [2.45, 2.75) is 6.18 Å². The van der Waals surface area contributed by atoms with Gasteiger partial charge in [0.05, 0.1) is 0 Å². The highest BCUT2D eigenvalue weighted by Gasteiger charge is 2.32. The molecule has 0 unspecified atom stereocenters. The van der Waals surface area contributed by atoms with E-state index in [0.717, 1.165) is 12.1 Å². The highest BCUT2D eigenvalue weighted by Crippen LogP contribution is 2.27. The Morgan fingerprint density at radius 3 is 2.33 bits per heavy atom. The van der Waals surface area contributed by atoms with E-state index in [1.807, 2.05) is 0 Å². The largest absolute Gasteiger partial charge is 0.433 e. The minimum absolute atomic E-state index is 0.0321. The molecule has 1 nitrogen and oxygen atoms in total. The lowest BCUT2D eigenvalue weighted by Gasteiger charge is -2.06. The second-order valence-corrected chi connectivity index (χ2v) is 2.43. The number of hydrogen-bond donors (Lipinski definition) is 0. The molecule has 12 heavy (non-hydrogen) atoms. The van der Waals surface area contributed by atoms with Gasteiger partial charge >= 0.3 is 6.18 Å². The summed E-state index contributed by atoms with van der Waals surface area (Å²) in [4.78, 5) is 3.06. The normalized spacial score (nSPS) is 11.7. The monoisotopic (exact) mass is 191 g/mol. The second kappa shape index (κ2) is 2.97. The van der Waals surface area contributed by atoms with Crippen molar-refractivity contribution in [2.75, 3.05) is 0 Å². The molecular weight excluding hydrogens is 189 g/mol. The van der Waals surface area contributed by atoms with Gasteiger partial charge in [0.2, 0.25) is 0 Å². The Kier molecular flexibility index (Phi) is 2.33. The van der Waals surface area contributed by atoms with Crippen molar-refractivity contribution >= 4 is 24.9 Å². The third-order valence-electron chi connectivity index (χ3n) is 1.17. The molecule has 0 aliphatic carbocycles. The van der Waals surface area contributed by atoms with Gasteiger partial charge in [-0.1, -0.05) is 23.1 Å². The van der Waals surface area contributed by atoms with E-state index >= 15 is 0 Å². The summed E-state index contributed by atoms with van der Waals surface area (Å²) in [6, 6.07) is 1.85. The Bertz CT molecular complexity index is 299. The molecule has 2 radical (unpaired) electrons. The first-order valence-corrected chi connectivity index (χ1v) is 3.28. The fourth-order valence-electron chi connectivity index (χ4n) is 0.603. The molecule has 0 aromatic carbocycles. The van der Waals surface area contributed by atoms with E-state index in [2.05, 4.69) is 4.98 Å². The number of alkyl halides is 3. The fourth-order valence-corrected chi connectivity index (χ4v) is 0.757. The highest BCUT2D eigenvalue weighted by molar-refractivity contribution is 6.44. The van der Waals surface area contributed by atoms with Crippen molar-refractivity contribution in [3.63, 3.8) is 0 Å². The molecule has 0 bridgehead atoms. The predicted molar refractivity (Wildman–Crippen MR) is 39.6 cm³/mol. The molecule has 1 heterocycles. The Morgan fingerprint density at radius 2 is 1.92 bits per heavy atom. The van der Waals surface area contributed by atoms with E-state index in [9.17, 15) is 13.2 Å². The predicted octanol–water partition coefficient (Wildman–Crippen LogP) is 1.55. The SMILES string of the molecule is [B]c1ccc(C(F)(F)F)nc1Cl. The lowest BCUT2D eigenvalue weighted by atomic mass is 9.98. The first-order valence-electron chi connectivity index (χ1n) is 2.90. The molecule has 1 aromatic heterocycles. The molecular formula is C6H2BClF3N. The van der Waals surface area contributed by atoms with E-state index in [0.29, 0.717) is 0 Å². The Balaban J connectivity index is 3.14. The minimum atomic E-state index is -4.47. The molecule has 1 aromatic rings. The zero-order valence-corrected chi connectivity index (χ0v) is 6.45. The molecule has 6 heteroatoms. The topological polar surface area (TPSA) is 12.9 Å². The van der Waals surface area contributed by atoms with Gasteiger partial charge in [-0.25, -0.2) is 4.98 Å². The van der Waals surface area contributed by atoms with Gasteiger partial charge in [0.25, 0.3) is 0 Å². The summed E-state index contributed by atoms with van der Waals surface area (Å²) in [5.41, 5.74) is -1.01. The van der Waals surface area contributed by atoms with E-state index in [-0.39, 0.29) is 10.6 Å². The van der Waals surface area contributed by atoms with Crippen molar-refractivity contribution < 1.29 is 13.2 Å². The summed E-state index contributed by atoms with van der Waals surface area (Å²) in [5.74, 6) is 0. The highest BCUT2D eigenvalue weighted by atomic mass is 35.5. The minimum Gasteiger partial charge on any atom is -0.232 e. The van der Waals surface area contributed by atoms with Crippen molar-refractivity contribution in [2.24, 2.45) is 0 Å². The van der Waals surface area contributed by atoms with E-state index in [1.54, 1.807) is 0 Å². The maximum atomic E-state index is 11.9. The van der Waals surface area contributed by atoms with E-state index in [4.69, 9.17) is 19.4 Å². The van der Waals surface area contributed by atoms with Crippen LogP contribution in [-0.4, -0.2) is 12.8 Å². The number of rotatable bonds is 0. The first-order chi connectivity index (χ1) is 5.41. The molecule has 0 amide bonds. The molecule has 0 fully saturated rings. The summed E-state index contributed by atoms with van der Waals surface area (Å²) in [6.07, 6.45) is -4.47. The van der Waals surface area contributed by atoms with Gasteiger partial charge < -0.3 is 0 Å². The van der Waals surface area contributed by atoms with Gasteiger partial charge in [0.1, 0.15) is 18.7 Å². The smallest absolute Gasteiger partial charge is 0.232 e. The first kappa shape index (κ1) is 9.38. The van der Waals surface area contributed by atoms with Crippen LogP contribution in [0.1, 0.15) is 5.69 Å². The summed E-state index contributed by atoms with van der Waals surface area (Å²) in [6.45, 7) is 0. The van der Waals surface area contributed by atoms with Gasteiger partial charge in [0, 0.05) is 0 Å². The number of pyridine rings is 1. The molecule has 0 atom stereocenters. The second-order valence-electron chi connectivity index (χ2n) is 2.07. The molecule has 0 aliphatic rings. The van der Waals surface area contributed by atoms with Crippen molar-refractivity contribution in [1.82, 2.24) is 4.98 Å². The number of aromatic nitrogens is 1. The molecule has 0 saturated heterocycles. The van der Waals surface area contributed by atoms with Crippen LogP contribution in [-0.2, 0) is 6.18 Å². The average molecular weight is 191 g/mol. The van der Waals surface area contributed by atoms with Crippen molar-refractivity contribution in [1.29, 1.82) is 0 Å². The average Bonchev–Trinajstić information content (AvgIpc) is 1.92. The van der Waals surface area contributed by atoms with Crippen LogP contribution in [0.4, 0.5) is 13.2 Å². The lowest BCUT2D eigenvalue weighted by molar-refractivity contribution is -0.141. The Labute approximate surface area is 73.0 Å². The summed E-state index contributed by atoms with van der Waals surface area (Å²) in [5, 5.41) is -0.329. The lowest BCUT2D eigenvalue weighted by Crippen LogP contribution is -2.13. The van der Waals surface area contributed by atoms with Crippen LogP contribution in [0.2, 0.25) is 5.15 Å². The molecule has 62 valence electrons. The zero-order chi connectivity index (χ0) is 9.35. The van der Waals surface area contributed by atoms with Crippen LogP contribution >= 0.6 is 11.6 Å². The van der Waals surface area contributed by atoms with E-state index < -0.39 is 11.9 Å². The fraction of sp³-hybridized carbons (Fsp3) is 0.167. The molecule has 0 aliphatic heterocycles. The molecule has 0 saturated carbocycles. The van der Waals surface area contributed by atoms with Crippen LogP contribution < -0.4 is 5.46 Å². The van der Waals surface area contributed by atoms with Crippen LogP contribution in [0, 0.1) is 0 Å². The van der Waals surface area contributed by atoms with Gasteiger partial charge in [-0.2, -0.15) is 13.2 Å². The molecule has 1 rings (SSSR count). The molecule has 0 N–H and O–H groups in total. The van der Waals surface area contributed by atoms with E-state index in [1.165, 1.54) is 0 Å². The van der Waals surface area contributed by atoms with Crippen LogP contribution in [0.5, 0.6) is 0 Å². The van der Waals surface area contributed by atoms with Gasteiger partial charge in [-0.15, -0.1) is 0 Å². The maximum Gasteiger partial charge on any atom is 0.433 e. The Hall–Kier alpha value is -0.705. The zero-order valence-electron chi connectivity index (χ0n) is 5.69. The number of hydrogen-bond acceptors (Lipinski definition) is 1. The van der Waals surface area contributed by atoms with Crippen LogP contribution in [0.15, 0.2) is 12.1 Å². The number of nitrogens with zero attached hydrogens (tertiary/aromatic N) is 1. The number of halogens is 4. The van der Waals surface area contributed by atoms with Crippen molar-refractivity contribution in [3.8, 4) is 0 Å². The maximum absolute atomic E-state index is 11.9. The van der Waals surface area contributed by atoms with Gasteiger partial charge in [0.15, 0.2) is 0 Å². The van der Waals surface area contributed by atoms with Gasteiger partial charge in [-0.3, -0.25) is 0 Å². The van der Waals surface area contributed by atoms with Gasteiger partial charge in [-0.05, 0) is 6.07 Å². The summed E-state index contributed by atoms with van der Waals surface area (Å²) in [7, 11) is 5.17.